The van der Waals surface area contributed by atoms with E-state index in [0.29, 0.717) is 18.6 Å². The second-order valence-corrected chi connectivity index (χ2v) is 6.09. The fraction of sp³-hybridized carbons (Fsp3) is 0.556. The lowest BCUT2D eigenvalue weighted by atomic mass is 9.92. The SMILES string of the molecule is COC(=O)C[C@H]1O[C@@H]2CCCO[C@@H]2C[C@@H]1OC(=O)c1ccccc1. The van der Waals surface area contributed by atoms with E-state index in [1.165, 1.54) is 7.11 Å². The number of benzene rings is 1. The third-order valence-corrected chi connectivity index (χ3v) is 4.47. The molecule has 2 fully saturated rings. The van der Waals surface area contributed by atoms with Crippen molar-refractivity contribution in [3.63, 3.8) is 0 Å². The number of carbonyl (C=O) groups excluding carboxylic acids is 2. The lowest BCUT2D eigenvalue weighted by molar-refractivity contribution is -0.206. The summed E-state index contributed by atoms with van der Waals surface area (Å²) in [6.45, 7) is 0.686. The molecule has 0 radical (unpaired) electrons. The van der Waals surface area contributed by atoms with Gasteiger partial charge in [-0.15, -0.1) is 0 Å². The maximum absolute atomic E-state index is 12.3. The summed E-state index contributed by atoms with van der Waals surface area (Å²) in [6.07, 6.45) is 1.23. The highest BCUT2D eigenvalue weighted by Crippen LogP contribution is 2.32. The molecule has 4 atom stereocenters. The van der Waals surface area contributed by atoms with Gasteiger partial charge in [-0.25, -0.2) is 4.79 Å². The molecule has 0 aromatic heterocycles. The van der Waals surface area contributed by atoms with Crippen molar-refractivity contribution in [3.05, 3.63) is 35.9 Å². The van der Waals surface area contributed by atoms with E-state index in [9.17, 15) is 9.59 Å². The van der Waals surface area contributed by atoms with Gasteiger partial charge in [-0.3, -0.25) is 4.79 Å². The minimum absolute atomic E-state index is 0.0555. The third kappa shape index (κ3) is 3.94. The largest absolute Gasteiger partial charge is 0.469 e. The van der Waals surface area contributed by atoms with Crippen molar-refractivity contribution in [1.82, 2.24) is 0 Å². The van der Waals surface area contributed by atoms with E-state index in [2.05, 4.69) is 0 Å². The summed E-state index contributed by atoms with van der Waals surface area (Å²) in [6, 6.07) is 8.78. The van der Waals surface area contributed by atoms with Gasteiger partial charge in [0.2, 0.25) is 0 Å². The van der Waals surface area contributed by atoms with Crippen LogP contribution in [-0.4, -0.2) is 50.1 Å². The lowest BCUT2D eigenvalue weighted by Gasteiger charge is -2.42. The Hall–Kier alpha value is -1.92. The van der Waals surface area contributed by atoms with Gasteiger partial charge in [0.1, 0.15) is 12.2 Å². The molecule has 0 bridgehead atoms. The molecule has 2 heterocycles. The number of hydrogen-bond donors (Lipinski definition) is 0. The summed E-state index contributed by atoms with van der Waals surface area (Å²) < 4.78 is 22.1. The molecule has 1 aromatic carbocycles. The van der Waals surface area contributed by atoms with Crippen LogP contribution >= 0.6 is 0 Å². The van der Waals surface area contributed by atoms with E-state index in [4.69, 9.17) is 18.9 Å². The molecule has 0 aliphatic carbocycles. The van der Waals surface area contributed by atoms with Crippen LogP contribution in [0.15, 0.2) is 30.3 Å². The molecule has 2 aliphatic rings. The zero-order chi connectivity index (χ0) is 16.9. The summed E-state index contributed by atoms with van der Waals surface area (Å²) in [4.78, 5) is 24.0. The zero-order valence-corrected chi connectivity index (χ0v) is 13.7. The van der Waals surface area contributed by atoms with Crippen molar-refractivity contribution in [2.75, 3.05) is 13.7 Å². The molecule has 2 saturated heterocycles. The highest BCUT2D eigenvalue weighted by molar-refractivity contribution is 5.89. The molecule has 1 aromatic rings. The molecule has 0 amide bonds. The highest BCUT2D eigenvalue weighted by atomic mass is 16.6. The fourth-order valence-corrected chi connectivity index (χ4v) is 3.21. The fourth-order valence-electron chi connectivity index (χ4n) is 3.21. The van der Waals surface area contributed by atoms with Crippen LogP contribution in [0.2, 0.25) is 0 Å². The minimum Gasteiger partial charge on any atom is -0.469 e. The van der Waals surface area contributed by atoms with Crippen molar-refractivity contribution < 1.29 is 28.5 Å². The number of esters is 2. The Kier molecular flexibility index (Phi) is 5.48. The highest BCUT2D eigenvalue weighted by Gasteiger charge is 2.42. The van der Waals surface area contributed by atoms with Gasteiger partial charge >= 0.3 is 11.9 Å². The Balaban J connectivity index is 1.71. The van der Waals surface area contributed by atoms with Crippen LogP contribution in [0, 0.1) is 0 Å². The molecule has 0 spiro atoms. The summed E-state index contributed by atoms with van der Waals surface area (Å²) >= 11 is 0. The van der Waals surface area contributed by atoms with Crippen molar-refractivity contribution in [2.24, 2.45) is 0 Å². The number of hydrogen-bond acceptors (Lipinski definition) is 6. The van der Waals surface area contributed by atoms with Gasteiger partial charge in [-0.2, -0.15) is 0 Å². The van der Waals surface area contributed by atoms with E-state index < -0.39 is 18.2 Å². The molecule has 0 saturated carbocycles. The molecule has 6 nitrogen and oxygen atoms in total. The maximum atomic E-state index is 12.3. The van der Waals surface area contributed by atoms with Gasteiger partial charge < -0.3 is 18.9 Å². The average molecular weight is 334 g/mol. The summed E-state index contributed by atoms with van der Waals surface area (Å²) in [5.41, 5.74) is 0.473. The van der Waals surface area contributed by atoms with E-state index in [-0.39, 0.29) is 24.6 Å². The Morgan fingerprint density at radius 1 is 1.21 bits per heavy atom. The number of methoxy groups -OCH3 is 1. The molecule has 3 rings (SSSR count). The smallest absolute Gasteiger partial charge is 0.338 e. The number of carbonyl (C=O) groups is 2. The summed E-state index contributed by atoms with van der Waals surface area (Å²) in [5.74, 6) is -0.802. The second-order valence-electron chi connectivity index (χ2n) is 6.09. The monoisotopic (exact) mass is 334 g/mol. The Labute approximate surface area is 141 Å². The molecule has 130 valence electrons. The number of ether oxygens (including phenoxy) is 4. The number of fused-ring (bicyclic) bond motifs is 1. The quantitative estimate of drug-likeness (QED) is 0.786. The predicted molar refractivity (Wildman–Crippen MR) is 84.5 cm³/mol. The normalized spacial score (nSPS) is 29.4. The maximum Gasteiger partial charge on any atom is 0.338 e. The van der Waals surface area contributed by atoms with Crippen molar-refractivity contribution >= 4 is 11.9 Å². The Morgan fingerprint density at radius 3 is 2.75 bits per heavy atom. The summed E-state index contributed by atoms with van der Waals surface area (Å²) in [7, 11) is 1.34. The van der Waals surface area contributed by atoms with Gasteiger partial charge in [0, 0.05) is 13.0 Å². The first-order valence-electron chi connectivity index (χ1n) is 8.27. The average Bonchev–Trinajstić information content (AvgIpc) is 2.62. The Bertz CT molecular complexity index is 572. The van der Waals surface area contributed by atoms with E-state index in [0.717, 1.165) is 12.8 Å². The van der Waals surface area contributed by atoms with Crippen LogP contribution in [0.25, 0.3) is 0 Å². The predicted octanol–water partition coefficient (Wildman–Crippen LogP) is 2.11. The van der Waals surface area contributed by atoms with Crippen LogP contribution in [0.3, 0.4) is 0 Å². The van der Waals surface area contributed by atoms with Crippen molar-refractivity contribution in [3.8, 4) is 0 Å². The van der Waals surface area contributed by atoms with Crippen LogP contribution < -0.4 is 0 Å². The topological polar surface area (TPSA) is 71.1 Å². The van der Waals surface area contributed by atoms with Gasteiger partial charge in [0.25, 0.3) is 0 Å². The van der Waals surface area contributed by atoms with E-state index >= 15 is 0 Å². The van der Waals surface area contributed by atoms with Crippen molar-refractivity contribution in [1.29, 1.82) is 0 Å². The molecule has 24 heavy (non-hydrogen) atoms. The second kappa shape index (κ2) is 7.77. The zero-order valence-electron chi connectivity index (χ0n) is 13.7. The van der Waals surface area contributed by atoms with Gasteiger partial charge in [0.15, 0.2) is 0 Å². The molecule has 0 N–H and O–H groups in total. The van der Waals surface area contributed by atoms with Crippen LogP contribution in [0.5, 0.6) is 0 Å². The molecular weight excluding hydrogens is 312 g/mol. The third-order valence-electron chi connectivity index (χ3n) is 4.47. The van der Waals surface area contributed by atoms with E-state index in [1.807, 2.05) is 6.07 Å². The molecular formula is C18H22O6. The summed E-state index contributed by atoms with van der Waals surface area (Å²) in [5, 5.41) is 0. The first-order valence-corrected chi connectivity index (χ1v) is 8.27. The van der Waals surface area contributed by atoms with Gasteiger partial charge in [0.05, 0.1) is 31.3 Å². The first kappa shape index (κ1) is 16.9. The van der Waals surface area contributed by atoms with Crippen LogP contribution in [-0.2, 0) is 23.7 Å². The molecule has 2 aliphatic heterocycles. The standard InChI is InChI=1S/C18H22O6/c1-21-17(19)11-16-15(10-14-13(23-16)8-5-9-22-14)24-18(20)12-6-3-2-4-7-12/h2-4,6-7,13-16H,5,8-11H2,1H3/t13-,14-,15+,16-/m1/s1. The van der Waals surface area contributed by atoms with Crippen LogP contribution in [0.1, 0.15) is 36.0 Å². The number of rotatable bonds is 4. The van der Waals surface area contributed by atoms with Gasteiger partial charge in [-0.1, -0.05) is 18.2 Å². The molecule has 6 heteroatoms. The Morgan fingerprint density at radius 2 is 2.00 bits per heavy atom. The lowest BCUT2D eigenvalue weighted by Crippen LogP contribution is -2.52. The van der Waals surface area contributed by atoms with Crippen molar-refractivity contribution in [2.45, 2.75) is 50.1 Å². The molecule has 0 unspecified atom stereocenters. The van der Waals surface area contributed by atoms with E-state index in [1.54, 1.807) is 24.3 Å². The first-order chi connectivity index (χ1) is 11.7. The van der Waals surface area contributed by atoms with Crippen LogP contribution in [0.4, 0.5) is 0 Å². The van der Waals surface area contributed by atoms with Gasteiger partial charge in [-0.05, 0) is 25.0 Å². The minimum atomic E-state index is -0.531.